The number of benzene rings is 4. The van der Waals surface area contributed by atoms with Crippen molar-refractivity contribution in [3.63, 3.8) is 0 Å². The Kier molecular flexibility index (Phi) is 7.74. The number of esters is 2. The Morgan fingerprint density at radius 3 is 2.00 bits per heavy atom. The SMILES string of the molecule is Cc1ccccc1OC(=O)c1c2ccccc2[n+](CCCCC(=O)OCc2ccccc2)c2ccccc12. The van der Waals surface area contributed by atoms with Crippen LogP contribution in [0.4, 0.5) is 0 Å². The fraction of sp³-hybridized carbons (Fsp3) is 0.182. The molecule has 0 saturated heterocycles. The Balaban J connectivity index is 1.36. The lowest BCUT2D eigenvalue weighted by molar-refractivity contribution is -0.645. The lowest BCUT2D eigenvalue weighted by Gasteiger charge is -2.12. The van der Waals surface area contributed by atoms with Gasteiger partial charge < -0.3 is 9.47 Å². The van der Waals surface area contributed by atoms with E-state index in [0.717, 1.165) is 39.4 Å². The molecule has 38 heavy (non-hydrogen) atoms. The van der Waals surface area contributed by atoms with E-state index in [4.69, 9.17) is 9.47 Å². The van der Waals surface area contributed by atoms with Crippen LogP contribution in [0.25, 0.3) is 21.8 Å². The van der Waals surface area contributed by atoms with E-state index in [1.54, 1.807) is 0 Å². The summed E-state index contributed by atoms with van der Waals surface area (Å²) in [5.41, 5.74) is 4.35. The number of ether oxygens (including phenoxy) is 2. The van der Waals surface area contributed by atoms with E-state index in [1.165, 1.54) is 0 Å². The fourth-order valence-corrected chi connectivity index (χ4v) is 4.75. The minimum atomic E-state index is -0.375. The van der Waals surface area contributed by atoms with Crippen molar-refractivity contribution in [2.24, 2.45) is 0 Å². The maximum absolute atomic E-state index is 13.5. The van der Waals surface area contributed by atoms with Crippen LogP contribution in [0.15, 0.2) is 103 Å². The van der Waals surface area contributed by atoms with Gasteiger partial charge in [0.1, 0.15) is 18.9 Å². The highest BCUT2D eigenvalue weighted by atomic mass is 16.5. The van der Waals surface area contributed by atoms with Crippen molar-refractivity contribution < 1.29 is 23.6 Å². The molecule has 5 aromatic rings. The molecule has 0 amide bonds. The Labute approximate surface area is 222 Å². The molecule has 0 fully saturated rings. The number of carbonyl (C=O) groups excluding carboxylic acids is 2. The number of unbranched alkanes of at least 4 members (excludes halogenated alkanes) is 1. The van der Waals surface area contributed by atoms with Crippen molar-refractivity contribution in [1.82, 2.24) is 0 Å². The van der Waals surface area contributed by atoms with Gasteiger partial charge in [0.2, 0.25) is 11.0 Å². The molecule has 0 spiro atoms. The molecule has 0 bridgehead atoms. The van der Waals surface area contributed by atoms with E-state index in [9.17, 15) is 9.59 Å². The van der Waals surface area contributed by atoms with Gasteiger partial charge in [0.25, 0.3) is 0 Å². The third-order valence-electron chi connectivity index (χ3n) is 6.68. The van der Waals surface area contributed by atoms with Crippen LogP contribution < -0.4 is 9.30 Å². The first-order valence-electron chi connectivity index (χ1n) is 12.9. The Bertz CT molecular complexity index is 1540. The first-order valence-corrected chi connectivity index (χ1v) is 12.9. The zero-order valence-corrected chi connectivity index (χ0v) is 21.4. The van der Waals surface area contributed by atoms with Gasteiger partial charge in [-0.25, -0.2) is 4.79 Å². The fourth-order valence-electron chi connectivity index (χ4n) is 4.75. The van der Waals surface area contributed by atoms with Gasteiger partial charge in [-0.05, 0) is 42.7 Å². The number of hydrogen-bond acceptors (Lipinski definition) is 4. The summed E-state index contributed by atoms with van der Waals surface area (Å²) >= 11 is 0. The maximum atomic E-state index is 13.5. The van der Waals surface area contributed by atoms with Gasteiger partial charge >= 0.3 is 11.9 Å². The number of aryl methyl sites for hydroxylation is 2. The first-order chi connectivity index (χ1) is 18.6. The van der Waals surface area contributed by atoms with Gasteiger partial charge in [-0.3, -0.25) is 4.79 Å². The van der Waals surface area contributed by atoms with Gasteiger partial charge in [-0.2, -0.15) is 4.57 Å². The molecule has 0 N–H and O–H groups in total. The highest BCUT2D eigenvalue weighted by Gasteiger charge is 2.25. The smallest absolute Gasteiger partial charge is 0.345 e. The van der Waals surface area contributed by atoms with Gasteiger partial charge in [-0.1, -0.05) is 72.8 Å². The second-order valence-electron chi connectivity index (χ2n) is 9.32. The molecule has 0 aliphatic rings. The van der Waals surface area contributed by atoms with E-state index >= 15 is 0 Å². The summed E-state index contributed by atoms with van der Waals surface area (Å²) in [4.78, 5) is 25.8. The van der Waals surface area contributed by atoms with Crippen molar-refractivity contribution in [2.75, 3.05) is 0 Å². The molecule has 0 saturated carbocycles. The van der Waals surface area contributed by atoms with E-state index in [0.29, 0.717) is 37.3 Å². The normalized spacial score (nSPS) is 11.0. The van der Waals surface area contributed by atoms with Crippen LogP contribution in [0.2, 0.25) is 0 Å². The lowest BCUT2D eigenvalue weighted by Crippen LogP contribution is -2.36. The highest BCUT2D eigenvalue weighted by Crippen LogP contribution is 2.27. The number of rotatable bonds is 9. The van der Waals surface area contributed by atoms with Crippen LogP contribution in [-0.2, 0) is 22.7 Å². The maximum Gasteiger partial charge on any atom is 0.345 e. The molecule has 0 unspecified atom stereocenters. The van der Waals surface area contributed by atoms with Crippen molar-refractivity contribution in [3.05, 3.63) is 120 Å². The molecular weight excluding hydrogens is 474 g/mol. The quantitative estimate of drug-likeness (QED) is 0.0735. The minimum Gasteiger partial charge on any atom is -0.461 e. The van der Waals surface area contributed by atoms with Crippen molar-refractivity contribution >= 4 is 33.7 Å². The van der Waals surface area contributed by atoms with Crippen LogP contribution in [0.1, 0.15) is 40.7 Å². The molecule has 5 nitrogen and oxygen atoms in total. The molecule has 1 aromatic heterocycles. The van der Waals surface area contributed by atoms with E-state index < -0.39 is 0 Å². The van der Waals surface area contributed by atoms with E-state index in [2.05, 4.69) is 4.57 Å². The predicted octanol–water partition coefficient (Wildman–Crippen LogP) is 6.72. The third-order valence-corrected chi connectivity index (χ3v) is 6.68. The standard InChI is InChI=1S/C33H30NO4/c1-24-13-5-10-20-30(24)38-33(36)32-26-16-6-8-18-28(26)34(29-19-9-7-17-27(29)32)22-12-11-21-31(35)37-23-25-14-3-2-4-15-25/h2-10,13-20H,11-12,21-23H2,1H3/q+1. The van der Waals surface area contributed by atoms with E-state index in [-0.39, 0.29) is 11.9 Å². The molecule has 0 atom stereocenters. The molecule has 4 aromatic carbocycles. The number of hydrogen-bond donors (Lipinski definition) is 0. The molecule has 190 valence electrons. The number of nitrogens with zero attached hydrogens (tertiary/aromatic N) is 1. The average Bonchev–Trinajstić information content (AvgIpc) is 2.95. The summed E-state index contributed by atoms with van der Waals surface area (Å²) in [5.74, 6) is -0.00979. The highest BCUT2D eigenvalue weighted by molar-refractivity contribution is 6.13. The molecule has 5 heteroatoms. The van der Waals surface area contributed by atoms with Gasteiger partial charge in [0.05, 0.1) is 16.3 Å². The summed E-state index contributed by atoms with van der Waals surface area (Å²) in [6, 6.07) is 33.0. The summed E-state index contributed by atoms with van der Waals surface area (Å²) in [6.45, 7) is 2.93. The predicted molar refractivity (Wildman–Crippen MR) is 148 cm³/mol. The molecule has 1 heterocycles. The second-order valence-corrected chi connectivity index (χ2v) is 9.32. The van der Waals surface area contributed by atoms with E-state index in [1.807, 2.05) is 110 Å². The first kappa shape index (κ1) is 25.2. The van der Waals surface area contributed by atoms with Gasteiger partial charge in [0.15, 0.2) is 0 Å². The Morgan fingerprint density at radius 1 is 0.711 bits per heavy atom. The zero-order chi connectivity index (χ0) is 26.3. The number of pyridine rings is 1. The number of para-hydroxylation sites is 3. The number of aromatic nitrogens is 1. The lowest BCUT2D eigenvalue weighted by atomic mass is 10.0. The average molecular weight is 505 g/mol. The molecule has 0 radical (unpaired) electrons. The van der Waals surface area contributed by atoms with Crippen LogP contribution >= 0.6 is 0 Å². The van der Waals surface area contributed by atoms with Crippen LogP contribution in [-0.4, -0.2) is 11.9 Å². The third kappa shape index (κ3) is 5.57. The molecule has 0 aliphatic heterocycles. The van der Waals surface area contributed by atoms with Crippen molar-refractivity contribution in [2.45, 2.75) is 39.3 Å². The monoisotopic (exact) mass is 504 g/mol. The summed E-state index contributed by atoms with van der Waals surface area (Å²) in [5, 5.41) is 1.68. The second kappa shape index (κ2) is 11.7. The van der Waals surface area contributed by atoms with Crippen molar-refractivity contribution in [1.29, 1.82) is 0 Å². The molecular formula is C33H30NO4+. The van der Waals surface area contributed by atoms with Crippen LogP contribution in [0.5, 0.6) is 5.75 Å². The Morgan fingerprint density at radius 2 is 1.32 bits per heavy atom. The van der Waals surface area contributed by atoms with Crippen LogP contribution in [0, 0.1) is 6.92 Å². The summed E-state index contributed by atoms with van der Waals surface area (Å²) in [6.07, 6.45) is 1.87. The van der Waals surface area contributed by atoms with Crippen LogP contribution in [0.3, 0.4) is 0 Å². The van der Waals surface area contributed by atoms with Crippen molar-refractivity contribution in [3.8, 4) is 5.75 Å². The van der Waals surface area contributed by atoms with Gasteiger partial charge in [0, 0.05) is 25.0 Å². The number of carbonyl (C=O) groups is 2. The minimum absolute atomic E-state index is 0.192. The Hall–Kier alpha value is -4.51. The summed E-state index contributed by atoms with van der Waals surface area (Å²) < 4.78 is 13.5. The topological polar surface area (TPSA) is 56.5 Å². The molecule has 5 rings (SSSR count). The largest absolute Gasteiger partial charge is 0.461 e. The van der Waals surface area contributed by atoms with Gasteiger partial charge in [-0.15, -0.1) is 0 Å². The zero-order valence-electron chi connectivity index (χ0n) is 21.4. The summed E-state index contributed by atoms with van der Waals surface area (Å²) in [7, 11) is 0. The number of fused-ring (bicyclic) bond motifs is 2. The molecule has 0 aliphatic carbocycles.